The minimum absolute atomic E-state index is 0.367. The van der Waals surface area contributed by atoms with Gasteiger partial charge in [-0.15, -0.1) is 0 Å². The zero-order valence-electron chi connectivity index (χ0n) is 12.9. The number of aryl methyl sites for hydroxylation is 1. The van der Waals surface area contributed by atoms with Gasteiger partial charge in [0.15, 0.2) is 5.13 Å². The summed E-state index contributed by atoms with van der Waals surface area (Å²) in [7, 11) is 0. The highest BCUT2D eigenvalue weighted by atomic mass is 32.1. The summed E-state index contributed by atoms with van der Waals surface area (Å²) < 4.78 is 5.51. The fourth-order valence-electron chi connectivity index (χ4n) is 2.63. The summed E-state index contributed by atoms with van der Waals surface area (Å²) in [4.78, 5) is 8.56. The minimum Gasteiger partial charge on any atom is -0.467 e. The number of furan rings is 1. The van der Waals surface area contributed by atoms with E-state index in [1.54, 1.807) is 6.26 Å². The van der Waals surface area contributed by atoms with E-state index in [4.69, 9.17) is 9.40 Å². The predicted octanol–water partition coefficient (Wildman–Crippen LogP) is 3.88. The van der Waals surface area contributed by atoms with Gasteiger partial charge in [0, 0.05) is 17.0 Å². The van der Waals surface area contributed by atoms with Crippen LogP contribution in [0.3, 0.4) is 0 Å². The SMILES string of the molecule is CCNC(C)c1sc(N(Cc2ccco2)C2CC2)nc1C. The van der Waals surface area contributed by atoms with Crippen LogP contribution in [-0.2, 0) is 6.54 Å². The molecule has 2 aromatic rings. The monoisotopic (exact) mass is 305 g/mol. The van der Waals surface area contributed by atoms with Crippen molar-refractivity contribution in [1.82, 2.24) is 10.3 Å². The van der Waals surface area contributed by atoms with Crippen LogP contribution in [0.5, 0.6) is 0 Å². The van der Waals surface area contributed by atoms with Crippen LogP contribution in [-0.4, -0.2) is 17.6 Å². The third kappa shape index (κ3) is 3.30. The molecule has 21 heavy (non-hydrogen) atoms. The van der Waals surface area contributed by atoms with Crippen LogP contribution in [0.1, 0.15) is 49.1 Å². The van der Waals surface area contributed by atoms with Gasteiger partial charge in [0.05, 0.1) is 18.5 Å². The molecule has 1 saturated carbocycles. The third-order valence-electron chi connectivity index (χ3n) is 3.86. The third-order valence-corrected chi connectivity index (χ3v) is 5.24. The largest absolute Gasteiger partial charge is 0.467 e. The average Bonchev–Trinajstić information content (AvgIpc) is 3.02. The van der Waals surface area contributed by atoms with Crippen molar-refractivity contribution in [2.45, 2.75) is 52.2 Å². The molecule has 0 amide bonds. The van der Waals surface area contributed by atoms with Gasteiger partial charge in [0.2, 0.25) is 0 Å². The molecule has 1 aliphatic rings. The van der Waals surface area contributed by atoms with E-state index in [1.165, 1.54) is 17.7 Å². The highest BCUT2D eigenvalue weighted by Crippen LogP contribution is 2.38. The second kappa shape index (κ2) is 6.20. The number of hydrogen-bond acceptors (Lipinski definition) is 5. The molecule has 2 heterocycles. The number of thiazole rings is 1. The van der Waals surface area contributed by atoms with Crippen LogP contribution in [0, 0.1) is 6.92 Å². The van der Waals surface area contributed by atoms with Gasteiger partial charge in [-0.3, -0.25) is 0 Å². The lowest BCUT2D eigenvalue weighted by Gasteiger charge is -2.20. The van der Waals surface area contributed by atoms with Crippen molar-refractivity contribution in [1.29, 1.82) is 0 Å². The maximum Gasteiger partial charge on any atom is 0.186 e. The molecule has 1 atom stereocenters. The fourth-order valence-corrected chi connectivity index (χ4v) is 3.79. The van der Waals surface area contributed by atoms with Crippen molar-refractivity contribution in [3.63, 3.8) is 0 Å². The molecule has 4 nitrogen and oxygen atoms in total. The molecule has 0 aromatic carbocycles. The molecule has 5 heteroatoms. The Hall–Kier alpha value is -1.33. The van der Waals surface area contributed by atoms with Gasteiger partial charge in [0.25, 0.3) is 0 Å². The van der Waals surface area contributed by atoms with Gasteiger partial charge >= 0.3 is 0 Å². The average molecular weight is 305 g/mol. The Kier molecular flexibility index (Phi) is 4.31. The van der Waals surface area contributed by atoms with E-state index < -0.39 is 0 Å². The molecule has 1 unspecified atom stereocenters. The van der Waals surface area contributed by atoms with Gasteiger partial charge in [-0.25, -0.2) is 4.98 Å². The summed E-state index contributed by atoms with van der Waals surface area (Å²) in [5, 5.41) is 4.61. The maximum absolute atomic E-state index is 5.51. The number of anilines is 1. The Balaban J connectivity index is 1.81. The van der Waals surface area contributed by atoms with Crippen LogP contribution >= 0.6 is 11.3 Å². The lowest BCUT2D eigenvalue weighted by Crippen LogP contribution is -2.24. The Morgan fingerprint density at radius 1 is 1.52 bits per heavy atom. The molecule has 0 radical (unpaired) electrons. The van der Waals surface area contributed by atoms with E-state index in [9.17, 15) is 0 Å². The summed E-state index contributed by atoms with van der Waals surface area (Å²) in [6.07, 6.45) is 4.26. The zero-order chi connectivity index (χ0) is 14.8. The highest BCUT2D eigenvalue weighted by Gasteiger charge is 2.32. The summed E-state index contributed by atoms with van der Waals surface area (Å²) in [6.45, 7) is 8.26. The van der Waals surface area contributed by atoms with E-state index in [0.29, 0.717) is 12.1 Å². The van der Waals surface area contributed by atoms with Crippen LogP contribution in [0.4, 0.5) is 5.13 Å². The van der Waals surface area contributed by atoms with Crippen molar-refractivity contribution in [2.75, 3.05) is 11.4 Å². The highest BCUT2D eigenvalue weighted by molar-refractivity contribution is 7.15. The van der Waals surface area contributed by atoms with Gasteiger partial charge in [0.1, 0.15) is 5.76 Å². The molecule has 1 aliphatic carbocycles. The molecule has 0 saturated heterocycles. The van der Waals surface area contributed by atoms with Crippen molar-refractivity contribution in [2.24, 2.45) is 0 Å². The maximum atomic E-state index is 5.51. The van der Waals surface area contributed by atoms with Crippen molar-refractivity contribution in [3.8, 4) is 0 Å². The Morgan fingerprint density at radius 2 is 2.33 bits per heavy atom. The number of nitrogens with zero attached hydrogens (tertiary/aromatic N) is 2. The number of hydrogen-bond donors (Lipinski definition) is 1. The first-order valence-corrected chi connectivity index (χ1v) is 8.50. The van der Waals surface area contributed by atoms with Crippen molar-refractivity contribution < 1.29 is 4.42 Å². The van der Waals surface area contributed by atoms with Crippen LogP contribution in [0.15, 0.2) is 22.8 Å². The first-order valence-electron chi connectivity index (χ1n) is 7.68. The first kappa shape index (κ1) is 14.6. The van der Waals surface area contributed by atoms with Gasteiger partial charge in [-0.1, -0.05) is 18.3 Å². The standard InChI is InChI=1S/C16H23N3OS/c1-4-17-11(2)15-12(3)18-16(21-15)19(13-7-8-13)10-14-6-5-9-20-14/h5-6,9,11,13,17H,4,7-8,10H2,1-3H3. The van der Waals surface area contributed by atoms with Crippen LogP contribution < -0.4 is 10.2 Å². The molecule has 0 aliphatic heterocycles. The topological polar surface area (TPSA) is 41.3 Å². The molecule has 114 valence electrons. The molecule has 1 fully saturated rings. The molecule has 1 N–H and O–H groups in total. The fraction of sp³-hybridized carbons (Fsp3) is 0.562. The molecule has 0 spiro atoms. The summed E-state index contributed by atoms with van der Waals surface area (Å²) in [5.41, 5.74) is 1.15. The van der Waals surface area contributed by atoms with Gasteiger partial charge in [-0.05, 0) is 45.4 Å². The van der Waals surface area contributed by atoms with E-state index in [0.717, 1.165) is 29.7 Å². The zero-order valence-corrected chi connectivity index (χ0v) is 13.7. The molecule has 2 aromatic heterocycles. The molecule has 0 bridgehead atoms. The number of aromatic nitrogens is 1. The van der Waals surface area contributed by atoms with Crippen LogP contribution in [0.25, 0.3) is 0 Å². The van der Waals surface area contributed by atoms with Gasteiger partial charge < -0.3 is 14.6 Å². The second-order valence-electron chi connectivity index (χ2n) is 5.66. The van der Waals surface area contributed by atoms with E-state index >= 15 is 0 Å². The summed E-state index contributed by atoms with van der Waals surface area (Å²) in [6, 6.07) is 4.98. The summed E-state index contributed by atoms with van der Waals surface area (Å²) in [5.74, 6) is 1.01. The lowest BCUT2D eigenvalue weighted by atomic mass is 10.2. The molecule has 3 rings (SSSR count). The normalized spacial score (nSPS) is 16.1. The lowest BCUT2D eigenvalue weighted by molar-refractivity contribution is 0.501. The van der Waals surface area contributed by atoms with Crippen LogP contribution in [0.2, 0.25) is 0 Å². The van der Waals surface area contributed by atoms with Crippen molar-refractivity contribution >= 4 is 16.5 Å². The predicted molar refractivity (Wildman–Crippen MR) is 86.9 cm³/mol. The molecular formula is C16H23N3OS. The minimum atomic E-state index is 0.367. The summed E-state index contributed by atoms with van der Waals surface area (Å²) >= 11 is 1.82. The van der Waals surface area contributed by atoms with E-state index in [1.807, 2.05) is 23.5 Å². The first-order chi connectivity index (χ1) is 10.2. The molecular weight excluding hydrogens is 282 g/mol. The smallest absolute Gasteiger partial charge is 0.186 e. The van der Waals surface area contributed by atoms with Crippen molar-refractivity contribution in [3.05, 3.63) is 34.7 Å². The van der Waals surface area contributed by atoms with E-state index in [-0.39, 0.29) is 0 Å². The van der Waals surface area contributed by atoms with E-state index in [2.05, 4.69) is 31.0 Å². The second-order valence-corrected chi connectivity index (χ2v) is 6.67. The number of rotatable bonds is 7. The Labute approximate surface area is 130 Å². The Bertz CT molecular complexity index is 574. The van der Waals surface area contributed by atoms with Gasteiger partial charge in [-0.2, -0.15) is 0 Å². The number of nitrogens with one attached hydrogen (secondary N) is 1. The quantitative estimate of drug-likeness (QED) is 0.843. The Morgan fingerprint density at radius 3 is 2.95 bits per heavy atom.